The van der Waals surface area contributed by atoms with E-state index < -0.39 is 0 Å². The molecule has 0 saturated carbocycles. The van der Waals surface area contributed by atoms with Crippen LogP contribution in [0.4, 0.5) is 5.69 Å². The maximum atomic E-state index is 13.4. The minimum Gasteiger partial charge on any atom is -0.350 e. The summed E-state index contributed by atoms with van der Waals surface area (Å²) in [4.78, 5) is 42.9. The van der Waals surface area contributed by atoms with Gasteiger partial charge in [0.15, 0.2) is 5.16 Å². The number of nitrogens with zero attached hydrogens (tertiary/aromatic N) is 2. The predicted molar refractivity (Wildman–Crippen MR) is 145 cm³/mol. The number of hydrogen-bond acceptors (Lipinski definition) is 5. The number of hydrogen-bond donors (Lipinski definition) is 2. The van der Waals surface area contributed by atoms with Gasteiger partial charge in [-0.05, 0) is 68.3 Å². The van der Waals surface area contributed by atoms with Crippen LogP contribution in [0, 0.1) is 6.92 Å². The van der Waals surface area contributed by atoms with Crippen LogP contribution in [0.3, 0.4) is 0 Å². The van der Waals surface area contributed by atoms with E-state index >= 15 is 0 Å². The lowest BCUT2D eigenvalue weighted by molar-refractivity contribution is -0.113. The number of carbonyl (C=O) groups is 2. The summed E-state index contributed by atoms with van der Waals surface area (Å²) in [5, 5.41) is 6.73. The van der Waals surface area contributed by atoms with Crippen molar-refractivity contribution in [3.63, 3.8) is 0 Å². The summed E-state index contributed by atoms with van der Waals surface area (Å²) >= 11 is 1.22. The predicted octanol–water partition coefficient (Wildman–Crippen LogP) is 4.62. The highest BCUT2D eigenvalue weighted by Gasteiger charge is 2.15. The van der Waals surface area contributed by atoms with Gasteiger partial charge in [-0.3, -0.25) is 19.0 Å². The van der Waals surface area contributed by atoms with E-state index in [-0.39, 0.29) is 35.7 Å². The quantitative estimate of drug-likeness (QED) is 0.272. The third kappa shape index (κ3) is 6.20. The number of nitrogens with one attached hydrogen (secondary N) is 2. The normalized spacial score (nSPS) is 11.0. The summed E-state index contributed by atoms with van der Waals surface area (Å²) in [5.41, 5.74) is 3.59. The summed E-state index contributed by atoms with van der Waals surface area (Å²) in [6.45, 7) is 6.05. The zero-order valence-electron chi connectivity index (χ0n) is 20.4. The number of aryl methyl sites for hydroxylation is 1. The molecule has 2 N–H and O–H groups in total. The van der Waals surface area contributed by atoms with Crippen molar-refractivity contribution in [2.75, 3.05) is 11.1 Å². The van der Waals surface area contributed by atoms with Gasteiger partial charge in [-0.2, -0.15) is 0 Å². The van der Waals surface area contributed by atoms with E-state index in [1.165, 1.54) is 11.8 Å². The summed E-state index contributed by atoms with van der Waals surface area (Å²) in [6, 6.07) is 22.0. The van der Waals surface area contributed by atoms with E-state index in [0.717, 1.165) is 16.8 Å². The van der Waals surface area contributed by atoms with Gasteiger partial charge in [0, 0.05) is 17.3 Å². The van der Waals surface area contributed by atoms with E-state index in [4.69, 9.17) is 0 Å². The minimum absolute atomic E-state index is 0.0436. The number of benzene rings is 3. The van der Waals surface area contributed by atoms with Crippen LogP contribution in [0.5, 0.6) is 0 Å². The Hall–Kier alpha value is -3.91. The van der Waals surface area contributed by atoms with Gasteiger partial charge in [0.05, 0.1) is 23.2 Å². The van der Waals surface area contributed by atoms with Crippen LogP contribution in [-0.4, -0.2) is 33.2 Å². The van der Waals surface area contributed by atoms with Crippen LogP contribution in [0.2, 0.25) is 0 Å². The fourth-order valence-electron chi connectivity index (χ4n) is 3.74. The van der Waals surface area contributed by atoms with Crippen LogP contribution in [0.25, 0.3) is 10.9 Å². The fourth-order valence-corrected chi connectivity index (χ4v) is 4.54. The SMILES string of the molecule is Cc1cccc(NC(=O)CSc2nc3ccccc3c(=O)n2Cc2ccc(C(=O)NC(C)C)cc2)c1. The van der Waals surface area contributed by atoms with Gasteiger partial charge in [-0.1, -0.05) is 48.2 Å². The molecule has 1 heterocycles. The van der Waals surface area contributed by atoms with Crippen LogP contribution >= 0.6 is 11.8 Å². The van der Waals surface area contributed by atoms with Crippen molar-refractivity contribution < 1.29 is 9.59 Å². The van der Waals surface area contributed by atoms with Crippen molar-refractivity contribution in [3.05, 3.63) is 99.8 Å². The van der Waals surface area contributed by atoms with E-state index in [0.29, 0.717) is 21.6 Å². The van der Waals surface area contributed by atoms with Gasteiger partial charge < -0.3 is 10.6 Å². The molecule has 0 bridgehead atoms. The Morgan fingerprint density at radius 3 is 2.47 bits per heavy atom. The smallest absolute Gasteiger partial charge is 0.262 e. The molecule has 0 saturated heterocycles. The highest BCUT2D eigenvalue weighted by molar-refractivity contribution is 7.99. The first-order chi connectivity index (χ1) is 17.3. The average Bonchev–Trinajstić information content (AvgIpc) is 2.85. The molecule has 3 aromatic carbocycles. The summed E-state index contributed by atoms with van der Waals surface area (Å²) in [6.07, 6.45) is 0. The number of carbonyl (C=O) groups excluding carboxylic acids is 2. The van der Waals surface area contributed by atoms with E-state index in [2.05, 4.69) is 15.6 Å². The second-order valence-corrected chi connectivity index (χ2v) is 9.78. The monoisotopic (exact) mass is 500 g/mol. The van der Waals surface area contributed by atoms with Crippen LogP contribution in [0.15, 0.2) is 82.7 Å². The summed E-state index contributed by atoms with van der Waals surface area (Å²) < 4.78 is 1.58. The molecule has 4 rings (SSSR count). The maximum Gasteiger partial charge on any atom is 0.262 e. The Morgan fingerprint density at radius 2 is 1.75 bits per heavy atom. The molecule has 7 nitrogen and oxygen atoms in total. The first kappa shape index (κ1) is 25.2. The Balaban J connectivity index is 1.57. The summed E-state index contributed by atoms with van der Waals surface area (Å²) in [5.74, 6) is -0.218. The van der Waals surface area contributed by atoms with Crippen molar-refractivity contribution in [1.82, 2.24) is 14.9 Å². The van der Waals surface area contributed by atoms with Crippen molar-refractivity contribution >= 4 is 40.2 Å². The number of anilines is 1. The molecular weight excluding hydrogens is 472 g/mol. The number of rotatable bonds is 8. The highest BCUT2D eigenvalue weighted by Crippen LogP contribution is 2.20. The van der Waals surface area contributed by atoms with Gasteiger partial charge >= 0.3 is 0 Å². The molecule has 36 heavy (non-hydrogen) atoms. The van der Waals surface area contributed by atoms with Gasteiger partial charge in [0.2, 0.25) is 5.91 Å². The lowest BCUT2D eigenvalue weighted by atomic mass is 10.1. The fraction of sp³-hybridized carbons (Fsp3) is 0.214. The third-order valence-electron chi connectivity index (χ3n) is 5.44. The number of aromatic nitrogens is 2. The standard InChI is InChI=1S/C28H28N4O3S/c1-18(2)29-26(34)21-13-11-20(12-14-21)16-32-27(35)23-9-4-5-10-24(23)31-28(32)36-17-25(33)30-22-8-6-7-19(3)15-22/h4-15,18H,16-17H2,1-3H3,(H,29,34)(H,30,33). The van der Waals surface area contributed by atoms with Gasteiger partial charge in [0.1, 0.15) is 0 Å². The van der Waals surface area contributed by atoms with Crippen molar-refractivity contribution in [3.8, 4) is 0 Å². The Morgan fingerprint density at radius 1 is 1.00 bits per heavy atom. The molecular formula is C28H28N4O3S. The summed E-state index contributed by atoms with van der Waals surface area (Å²) in [7, 11) is 0. The molecule has 0 radical (unpaired) electrons. The molecule has 2 amide bonds. The molecule has 0 aliphatic rings. The van der Waals surface area contributed by atoms with Crippen molar-refractivity contribution in [2.45, 2.75) is 38.5 Å². The van der Waals surface area contributed by atoms with Crippen LogP contribution in [-0.2, 0) is 11.3 Å². The zero-order chi connectivity index (χ0) is 25.7. The molecule has 0 aliphatic carbocycles. The Bertz CT molecular complexity index is 1460. The number of fused-ring (bicyclic) bond motifs is 1. The molecule has 0 spiro atoms. The van der Waals surface area contributed by atoms with Crippen molar-refractivity contribution in [1.29, 1.82) is 0 Å². The first-order valence-corrected chi connectivity index (χ1v) is 12.7. The van der Waals surface area contributed by atoms with Gasteiger partial charge in [-0.25, -0.2) is 4.98 Å². The Kier molecular flexibility index (Phi) is 7.85. The molecule has 0 fully saturated rings. The second kappa shape index (κ2) is 11.2. The average molecular weight is 501 g/mol. The molecule has 184 valence electrons. The maximum absolute atomic E-state index is 13.4. The molecule has 0 atom stereocenters. The van der Waals surface area contributed by atoms with E-state index in [1.807, 2.05) is 63.2 Å². The van der Waals surface area contributed by atoms with Gasteiger partial charge in [-0.15, -0.1) is 0 Å². The number of amides is 2. The van der Waals surface area contributed by atoms with E-state index in [1.54, 1.807) is 34.9 Å². The zero-order valence-corrected chi connectivity index (χ0v) is 21.3. The lowest BCUT2D eigenvalue weighted by Crippen LogP contribution is -2.30. The number of para-hydroxylation sites is 1. The second-order valence-electron chi connectivity index (χ2n) is 8.83. The van der Waals surface area contributed by atoms with E-state index in [9.17, 15) is 14.4 Å². The molecule has 8 heteroatoms. The molecule has 0 unspecified atom stereocenters. The molecule has 0 aliphatic heterocycles. The highest BCUT2D eigenvalue weighted by atomic mass is 32.2. The third-order valence-corrected chi connectivity index (χ3v) is 6.41. The number of thioether (sulfide) groups is 1. The first-order valence-electron chi connectivity index (χ1n) is 11.7. The molecule has 4 aromatic rings. The lowest BCUT2D eigenvalue weighted by Gasteiger charge is -2.14. The van der Waals surface area contributed by atoms with Crippen LogP contribution < -0.4 is 16.2 Å². The van der Waals surface area contributed by atoms with Crippen LogP contribution in [0.1, 0.15) is 35.3 Å². The Labute approximate surface area is 214 Å². The largest absolute Gasteiger partial charge is 0.350 e. The van der Waals surface area contributed by atoms with Crippen molar-refractivity contribution in [2.24, 2.45) is 0 Å². The topological polar surface area (TPSA) is 93.1 Å². The minimum atomic E-state index is -0.180. The molecule has 1 aromatic heterocycles. The van der Waals surface area contributed by atoms with Gasteiger partial charge in [0.25, 0.3) is 11.5 Å².